The second kappa shape index (κ2) is 4.68. The van der Waals surface area contributed by atoms with Crippen LogP contribution < -0.4 is 0 Å². The van der Waals surface area contributed by atoms with E-state index < -0.39 is 5.97 Å². The van der Waals surface area contributed by atoms with Gasteiger partial charge in [0.2, 0.25) is 5.76 Å². The second-order valence-electron chi connectivity index (χ2n) is 4.56. The summed E-state index contributed by atoms with van der Waals surface area (Å²) >= 11 is 0. The third-order valence-corrected chi connectivity index (χ3v) is 3.35. The Morgan fingerprint density at radius 3 is 2.75 bits per heavy atom. The van der Waals surface area contributed by atoms with Crippen LogP contribution >= 0.6 is 0 Å². The monoisotopic (exact) mass is 223 g/mol. The zero-order valence-corrected chi connectivity index (χ0v) is 9.73. The van der Waals surface area contributed by atoms with Crippen molar-refractivity contribution in [3.05, 3.63) is 17.5 Å². The third kappa shape index (κ3) is 2.26. The minimum absolute atomic E-state index is 0.205. The van der Waals surface area contributed by atoms with Gasteiger partial charge in [0.05, 0.1) is 12.8 Å². The summed E-state index contributed by atoms with van der Waals surface area (Å²) in [5.41, 5.74) is 0.896. The fourth-order valence-electron chi connectivity index (χ4n) is 2.23. The van der Waals surface area contributed by atoms with Gasteiger partial charge >= 0.3 is 5.97 Å². The minimum Gasteiger partial charge on any atom is -0.463 e. The van der Waals surface area contributed by atoms with Crippen LogP contribution in [-0.2, 0) is 4.74 Å². The average Bonchev–Trinajstić information content (AvgIpc) is 2.78. The number of hydrogen-bond acceptors (Lipinski definition) is 4. The maximum absolute atomic E-state index is 11.2. The molecule has 0 unspecified atom stereocenters. The first-order valence-electron chi connectivity index (χ1n) is 5.75. The van der Waals surface area contributed by atoms with Crippen molar-refractivity contribution in [2.24, 2.45) is 5.92 Å². The number of aromatic nitrogens is 1. The van der Waals surface area contributed by atoms with Gasteiger partial charge in [-0.25, -0.2) is 4.79 Å². The average molecular weight is 223 g/mol. The van der Waals surface area contributed by atoms with Gasteiger partial charge in [-0.05, 0) is 18.8 Å². The predicted molar refractivity (Wildman–Crippen MR) is 58.2 cm³/mol. The summed E-state index contributed by atoms with van der Waals surface area (Å²) in [6.45, 7) is 2.28. The van der Waals surface area contributed by atoms with Gasteiger partial charge in [-0.2, -0.15) is 0 Å². The summed E-state index contributed by atoms with van der Waals surface area (Å²) in [6, 6.07) is 1.71. The second-order valence-corrected chi connectivity index (χ2v) is 4.56. The van der Waals surface area contributed by atoms with E-state index in [1.54, 1.807) is 6.07 Å². The first-order valence-corrected chi connectivity index (χ1v) is 5.75. The van der Waals surface area contributed by atoms with Gasteiger partial charge in [-0.3, -0.25) is 0 Å². The molecule has 0 radical (unpaired) electrons. The molecular formula is C12H17NO3. The van der Waals surface area contributed by atoms with E-state index in [1.165, 1.54) is 20.0 Å². The van der Waals surface area contributed by atoms with Crippen LogP contribution in [0.15, 0.2) is 10.6 Å². The number of ether oxygens (including phenoxy) is 1. The lowest BCUT2D eigenvalue weighted by Gasteiger charge is -2.24. The predicted octanol–water partition coefficient (Wildman–Crippen LogP) is 2.75. The standard InChI is InChI=1S/C12H17NO3/c1-8-3-5-9(6-4-8)10-7-11(16-13-10)12(14)15-2/h7-9H,3-6H2,1-2H3. The molecule has 0 aromatic carbocycles. The largest absolute Gasteiger partial charge is 0.463 e. The van der Waals surface area contributed by atoms with Crippen LogP contribution in [0.2, 0.25) is 0 Å². The molecular weight excluding hydrogens is 206 g/mol. The minimum atomic E-state index is -0.456. The van der Waals surface area contributed by atoms with Crippen LogP contribution in [0.4, 0.5) is 0 Å². The molecule has 1 aliphatic rings. The molecule has 0 atom stereocenters. The van der Waals surface area contributed by atoms with E-state index in [4.69, 9.17) is 4.52 Å². The Labute approximate surface area is 95.0 Å². The van der Waals surface area contributed by atoms with Crippen LogP contribution in [0, 0.1) is 5.92 Å². The maximum Gasteiger partial charge on any atom is 0.376 e. The molecule has 4 nitrogen and oxygen atoms in total. The summed E-state index contributed by atoms with van der Waals surface area (Å²) in [6.07, 6.45) is 4.72. The van der Waals surface area contributed by atoms with Crippen LogP contribution in [0.25, 0.3) is 0 Å². The highest BCUT2D eigenvalue weighted by Gasteiger charge is 2.24. The van der Waals surface area contributed by atoms with Crippen molar-refractivity contribution in [3.8, 4) is 0 Å². The van der Waals surface area contributed by atoms with E-state index in [2.05, 4.69) is 16.8 Å². The van der Waals surface area contributed by atoms with Crippen molar-refractivity contribution < 1.29 is 14.1 Å². The number of carbonyl (C=O) groups excluding carboxylic acids is 1. The molecule has 16 heavy (non-hydrogen) atoms. The van der Waals surface area contributed by atoms with Gasteiger partial charge in [0.25, 0.3) is 0 Å². The van der Waals surface area contributed by atoms with Gasteiger partial charge in [0.1, 0.15) is 0 Å². The third-order valence-electron chi connectivity index (χ3n) is 3.35. The molecule has 0 amide bonds. The molecule has 0 spiro atoms. The lowest BCUT2D eigenvalue weighted by atomic mass is 9.81. The Morgan fingerprint density at radius 2 is 2.12 bits per heavy atom. The molecule has 1 aromatic rings. The molecule has 1 aliphatic carbocycles. The summed E-state index contributed by atoms with van der Waals surface area (Å²) in [7, 11) is 1.34. The molecule has 1 saturated carbocycles. The summed E-state index contributed by atoms with van der Waals surface area (Å²) in [4.78, 5) is 11.2. The topological polar surface area (TPSA) is 52.3 Å². The number of carbonyl (C=O) groups is 1. The van der Waals surface area contributed by atoms with Crippen LogP contribution in [0.3, 0.4) is 0 Å². The maximum atomic E-state index is 11.2. The molecule has 0 saturated heterocycles. The van der Waals surface area contributed by atoms with Gasteiger partial charge < -0.3 is 9.26 Å². The Kier molecular flexibility index (Phi) is 3.27. The molecule has 4 heteroatoms. The Morgan fingerprint density at radius 1 is 1.44 bits per heavy atom. The number of rotatable bonds is 2. The van der Waals surface area contributed by atoms with E-state index in [0.717, 1.165) is 24.5 Å². The number of methoxy groups -OCH3 is 1. The van der Waals surface area contributed by atoms with E-state index in [0.29, 0.717) is 5.92 Å². The fraction of sp³-hybridized carbons (Fsp3) is 0.667. The normalized spacial score (nSPS) is 25.4. The SMILES string of the molecule is COC(=O)c1cc(C2CCC(C)CC2)no1. The van der Waals surface area contributed by atoms with Crippen molar-refractivity contribution in [2.45, 2.75) is 38.5 Å². The first-order chi connectivity index (χ1) is 7.70. The molecule has 0 bridgehead atoms. The highest BCUT2D eigenvalue weighted by Crippen LogP contribution is 2.35. The van der Waals surface area contributed by atoms with E-state index in [1.807, 2.05) is 0 Å². The molecule has 1 aromatic heterocycles. The van der Waals surface area contributed by atoms with Gasteiger partial charge in [0, 0.05) is 12.0 Å². The first kappa shape index (κ1) is 11.2. The molecule has 0 N–H and O–H groups in total. The highest BCUT2D eigenvalue weighted by molar-refractivity contribution is 5.86. The van der Waals surface area contributed by atoms with Crippen LogP contribution in [0.1, 0.15) is 54.8 Å². The van der Waals surface area contributed by atoms with Gasteiger partial charge in [-0.15, -0.1) is 0 Å². The highest BCUT2D eigenvalue weighted by atomic mass is 16.5. The van der Waals surface area contributed by atoms with Gasteiger partial charge in [-0.1, -0.05) is 24.9 Å². The van der Waals surface area contributed by atoms with Crippen molar-refractivity contribution in [2.75, 3.05) is 7.11 Å². The van der Waals surface area contributed by atoms with Crippen LogP contribution in [0.5, 0.6) is 0 Å². The number of esters is 1. The van der Waals surface area contributed by atoms with Crippen LogP contribution in [-0.4, -0.2) is 18.2 Å². The number of hydrogen-bond donors (Lipinski definition) is 0. The Balaban J connectivity index is 2.04. The lowest BCUT2D eigenvalue weighted by Crippen LogP contribution is -2.11. The van der Waals surface area contributed by atoms with E-state index in [-0.39, 0.29) is 5.76 Å². The van der Waals surface area contributed by atoms with E-state index >= 15 is 0 Å². The summed E-state index contributed by atoms with van der Waals surface area (Å²) < 4.78 is 9.55. The molecule has 1 fully saturated rings. The Bertz CT molecular complexity index is 364. The molecule has 88 valence electrons. The zero-order valence-electron chi connectivity index (χ0n) is 9.73. The molecule has 2 rings (SSSR count). The number of nitrogens with zero attached hydrogens (tertiary/aromatic N) is 1. The summed E-state index contributed by atoms with van der Waals surface area (Å²) in [5.74, 6) is 1.00. The van der Waals surface area contributed by atoms with Crippen molar-refractivity contribution in [1.82, 2.24) is 5.16 Å². The smallest absolute Gasteiger partial charge is 0.376 e. The quantitative estimate of drug-likeness (QED) is 0.723. The van der Waals surface area contributed by atoms with Crippen molar-refractivity contribution in [1.29, 1.82) is 0 Å². The van der Waals surface area contributed by atoms with E-state index in [9.17, 15) is 4.79 Å². The summed E-state index contributed by atoms with van der Waals surface area (Å²) in [5, 5.41) is 3.96. The lowest BCUT2D eigenvalue weighted by molar-refractivity contribution is 0.0554. The van der Waals surface area contributed by atoms with Crippen molar-refractivity contribution >= 4 is 5.97 Å². The van der Waals surface area contributed by atoms with Crippen molar-refractivity contribution in [3.63, 3.8) is 0 Å². The zero-order chi connectivity index (χ0) is 11.5. The Hall–Kier alpha value is -1.32. The fourth-order valence-corrected chi connectivity index (χ4v) is 2.23. The molecule has 1 heterocycles. The van der Waals surface area contributed by atoms with Gasteiger partial charge in [0.15, 0.2) is 0 Å². The molecule has 0 aliphatic heterocycles.